The second-order valence-electron chi connectivity index (χ2n) is 26.2. The van der Waals surface area contributed by atoms with Crippen LogP contribution in [0.2, 0.25) is 0 Å². The van der Waals surface area contributed by atoms with Gasteiger partial charge in [-0.1, -0.05) is 76.6 Å². The van der Waals surface area contributed by atoms with E-state index in [-0.39, 0.29) is 86.4 Å². The average molecular weight is 1280 g/mol. The number of rotatable bonds is 13. The molecule has 24 nitrogen and oxygen atoms in total. The van der Waals surface area contributed by atoms with E-state index in [4.69, 9.17) is 38.9 Å². The third-order valence-electron chi connectivity index (χ3n) is 18.9. The number of carbonyl (C=O) groups excluding carboxylic acids is 6. The minimum atomic E-state index is -2.61. The van der Waals surface area contributed by atoms with Crippen LogP contribution in [0.25, 0.3) is 33.4 Å². The van der Waals surface area contributed by atoms with Crippen molar-refractivity contribution in [1.82, 2.24) is 34.9 Å². The van der Waals surface area contributed by atoms with Crippen molar-refractivity contribution >= 4 is 69.6 Å². The van der Waals surface area contributed by atoms with Crippen LogP contribution >= 0.6 is 0 Å². The van der Waals surface area contributed by atoms with E-state index in [0.717, 1.165) is 10.5 Å². The molecule has 3 fully saturated rings. The third-order valence-corrected chi connectivity index (χ3v) is 18.9. The van der Waals surface area contributed by atoms with Crippen molar-refractivity contribution in [1.29, 1.82) is 0 Å². The van der Waals surface area contributed by atoms with Crippen molar-refractivity contribution < 1.29 is 72.2 Å². The van der Waals surface area contributed by atoms with Gasteiger partial charge < -0.3 is 69.5 Å². The highest BCUT2D eigenvalue weighted by molar-refractivity contribution is 6.39. The Balaban J connectivity index is 1.01. The first kappa shape index (κ1) is 70.8. The number of nitrogens with two attached hydrogens (primary N) is 1. The number of fused-ring (bicyclic) bond motifs is 6. The molecule has 1 aromatic carbocycles. The molecule has 1 aliphatic carbocycles. The van der Waals surface area contributed by atoms with Gasteiger partial charge in [-0.05, 0) is 133 Å². The summed E-state index contributed by atoms with van der Waals surface area (Å²) < 4.78 is 37.8. The van der Waals surface area contributed by atoms with Gasteiger partial charge in [0.1, 0.15) is 60.3 Å². The number of carbonyl (C=O) groups is 6. The third kappa shape index (κ3) is 16.8. The predicted molar refractivity (Wildman–Crippen MR) is 344 cm³/mol. The van der Waals surface area contributed by atoms with Gasteiger partial charge >= 0.3 is 6.09 Å². The van der Waals surface area contributed by atoms with E-state index in [9.17, 15) is 44.1 Å². The van der Waals surface area contributed by atoms with Crippen molar-refractivity contribution in [2.24, 2.45) is 35.5 Å². The maximum atomic E-state index is 14.7. The Labute approximate surface area is 538 Å². The number of ketones is 3. The first-order valence-corrected chi connectivity index (χ1v) is 32.5. The predicted octanol–water partition coefficient (Wildman–Crippen LogP) is 8.13. The molecule has 6 heterocycles. The molecule has 8 rings (SSSR count). The molecule has 92 heavy (non-hydrogen) atoms. The fraction of sp³-hybridized carbons (Fsp3) is 0.618. The fourth-order valence-corrected chi connectivity index (χ4v) is 13.4. The SMILES string of the molecule is CO[C@@H]1CC(C[C@@H](C)[C@@H]2CC(=O)[C@H](C)/C=C(\C)[C@@H](O)[C@@H](OC)C(=O)[C@H](C)C[C@H](C)/C=C/C=C/C=C(\C)C(NC(=O)OCCNc3nc4cc(-c5nn(C(C)C)c6ncnc(N)c56)ccc4o3)C[C@@H]3CC[C@@H](C)[C@@](O)(O3)C(=O)C(=O)N3CCCC(O2)[C@H]3C=O)CC[C@H]1O. The van der Waals surface area contributed by atoms with Gasteiger partial charge in [0.2, 0.25) is 5.79 Å². The molecule has 24 heteroatoms. The topological polar surface area (TPSA) is 332 Å². The maximum absolute atomic E-state index is 14.7. The lowest BCUT2D eigenvalue weighted by atomic mass is 9.78. The molecule has 7 N–H and O–H groups in total. The maximum Gasteiger partial charge on any atom is 0.407 e. The number of hydrogen-bond acceptors (Lipinski definition) is 21. The summed E-state index contributed by atoms with van der Waals surface area (Å²) in [6, 6.07) is 3.59. The van der Waals surface area contributed by atoms with Crippen LogP contribution in [0.1, 0.15) is 139 Å². The van der Waals surface area contributed by atoms with Crippen molar-refractivity contribution in [3.63, 3.8) is 0 Å². The first-order chi connectivity index (χ1) is 43.8. The number of aldehydes is 1. The molecule has 4 aliphatic rings. The first-order valence-electron chi connectivity index (χ1n) is 32.5. The molecule has 4 bridgehead atoms. The number of aliphatic hydroxyl groups excluding tert-OH is 2. The van der Waals surface area contributed by atoms with E-state index in [2.05, 4.69) is 25.6 Å². The van der Waals surface area contributed by atoms with Crippen LogP contribution in [-0.4, -0.2) is 175 Å². The Morgan fingerprint density at radius 2 is 1.72 bits per heavy atom. The number of oxazole rings is 1. The van der Waals surface area contributed by atoms with Crippen LogP contribution in [0.3, 0.4) is 0 Å². The number of piperidine rings is 1. The molecule has 1 saturated carbocycles. The smallest absolute Gasteiger partial charge is 0.407 e. The van der Waals surface area contributed by atoms with Gasteiger partial charge in [-0.25, -0.2) is 19.4 Å². The summed E-state index contributed by atoms with van der Waals surface area (Å²) in [5.74, 6) is -7.59. The Morgan fingerprint density at radius 1 is 0.946 bits per heavy atom. The summed E-state index contributed by atoms with van der Waals surface area (Å²) in [7, 11) is 2.93. The van der Waals surface area contributed by atoms with Gasteiger partial charge in [0, 0.05) is 56.5 Å². The van der Waals surface area contributed by atoms with Crippen LogP contribution in [0, 0.1) is 35.5 Å². The number of anilines is 2. The molecule has 3 unspecified atom stereocenters. The van der Waals surface area contributed by atoms with Gasteiger partial charge in [0.25, 0.3) is 17.7 Å². The molecule has 0 spiro atoms. The molecule has 3 aromatic heterocycles. The number of aromatic nitrogens is 5. The average Bonchev–Trinajstić information content (AvgIpc) is 1.39. The van der Waals surface area contributed by atoms with E-state index in [0.29, 0.717) is 102 Å². The molecule has 4 aromatic rings. The number of hydrogen-bond donors (Lipinski definition) is 6. The number of nitrogens with one attached hydrogen (secondary N) is 2. The molecule has 0 radical (unpaired) electrons. The molecule has 502 valence electrons. The highest BCUT2D eigenvalue weighted by atomic mass is 16.6. The number of benzene rings is 1. The molecular weight excluding hydrogens is 1180 g/mol. The van der Waals surface area contributed by atoms with Gasteiger partial charge in [-0.15, -0.1) is 0 Å². The summed E-state index contributed by atoms with van der Waals surface area (Å²) >= 11 is 0. The number of aliphatic hydroxyl groups is 3. The summed E-state index contributed by atoms with van der Waals surface area (Å²) in [6.07, 6.45) is 9.91. The fourth-order valence-electron chi connectivity index (χ4n) is 13.4. The summed E-state index contributed by atoms with van der Waals surface area (Å²) in [4.78, 5) is 99.1. The second-order valence-corrected chi connectivity index (χ2v) is 26.2. The van der Waals surface area contributed by atoms with Crippen molar-refractivity contribution in [2.45, 2.75) is 200 Å². The van der Waals surface area contributed by atoms with E-state index in [1.165, 1.54) is 13.4 Å². The Morgan fingerprint density at radius 3 is 2.45 bits per heavy atom. The molecule has 2 amide bonds. The highest BCUT2D eigenvalue weighted by Gasteiger charge is 2.53. The summed E-state index contributed by atoms with van der Waals surface area (Å²) in [6.45, 7) is 16.5. The zero-order chi connectivity index (χ0) is 66.7. The van der Waals surface area contributed by atoms with Gasteiger partial charge in [-0.2, -0.15) is 10.1 Å². The van der Waals surface area contributed by atoms with Gasteiger partial charge in [0.15, 0.2) is 17.0 Å². The van der Waals surface area contributed by atoms with E-state index < -0.39 is 90.0 Å². The monoisotopic (exact) mass is 1280 g/mol. The van der Waals surface area contributed by atoms with E-state index >= 15 is 0 Å². The molecule has 16 atom stereocenters. The van der Waals surface area contributed by atoms with Crippen molar-refractivity contribution in [3.8, 4) is 11.3 Å². The van der Waals surface area contributed by atoms with Crippen LogP contribution in [0.5, 0.6) is 0 Å². The highest BCUT2D eigenvalue weighted by Crippen LogP contribution is 2.39. The number of nitrogens with zero attached hydrogens (tertiary/aromatic N) is 6. The largest absolute Gasteiger partial charge is 0.448 e. The lowest BCUT2D eigenvalue weighted by Gasteiger charge is -2.44. The van der Waals surface area contributed by atoms with Crippen LogP contribution in [0.15, 0.2) is 76.5 Å². The summed E-state index contributed by atoms with van der Waals surface area (Å²) in [5, 5.41) is 46.0. The number of amides is 2. The van der Waals surface area contributed by atoms with Crippen molar-refractivity contribution in [2.75, 3.05) is 45.0 Å². The number of methoxy groups -OCH3 is 2. The molecule has 3 aliphatic heterocycles. The quantitative estimate of drug-likeness (QED) is 0.0318. The van der Waals surface area contributed by atoms with Gasteiger partial charge in [0.05, 0.1) is 48.5 Å². The minimum absolute atomic E-state index is 0.00145. The zero-order valence-corrected chi connectivity index (χ0v) is 55.0. The number of nitrogen functional groups attached to an aromatic ring is 1. The van der Waals surface area contributed by atoms with Crippen LogP contribution < -0.4 is 16.4 Å². The molecular formula is C68H95N9O15. The standard InChI is InChI=1S/C68H95N9O15/c1-37(2)77-64-57(63(69)71-36-72-64)58(75-77)46-21-24-53-49(32-46)73-66(91-53)70-25-27-89-67(85)74-48-33-47-22-19-44(9)68(86,92-47)62(83)65(84)76-26-15-18-54(50(76)35-78)90-55(41(6)30-45-20-23-51(79)56(31-45)87-10)34-52(80)40(5)29-43(8)60(82)61(88-11)59(81)42(7)28-38(3)16-13-12-14-17-39(48)4/h12-14,16-17,21,24,29,32,35-38,40-42,44-45,47-48,50-51,54-56,60-61,79,82,86H,15,18-20,22-23,25-28,30-31,33-34H2,1-11H3,(H,70,73)(H,74,85)(H2,69,71,72)/b14-12+,16-13+,39-17+,43-29+/t38-,40-,41-,42-,44-,45?,47+,48?,50-,51-,54?,55+,56-,60-,61+,68-/m1/s1. The Kier molecular flexibility index (Phi) is 24.4. The summed E-state index contributed by atoms with van der Waals surface area (Å²) in [5.41, 5.74) is 10.3. The minimum Gasteiger partial charge on any atom is -0.448 e. The second kappa shape index (κ2) is 31.7. The lowest BCUT2D eigenvalue weighted by Crippen LogP contribution is -2.62. The normalized spacial score (nSPS) is 32.8. The number of alkyl carbamates (subject to hydrolysis) is 1. The zero-order valence-electron chi connectivity index (χ0n) is 55.0. The van der Waals surface area contributed by atoms with E-state index in [1.54, 1.807) is 76.8 Å². The van der Waals surface area contributed by atoms with E-state index in [1.807, 2.05) is 52.0 Å². The van der Waals surface area contributed by atoms with Gasteiger partial charge in [-0.3, -0.25) is 19.2 Å². The molecule has 2 saturated heterocycles. The number of Topliss-reactive ketones (excluding diaryl/α,β-unsaturated/α-hetero) is 3. The lowest BCUT2D eigenvalue weighted by molar-refractivity contribution is -0.264. The van der Waals surface area contributed by atoms with Crippen molar-refractivity contribution in [3.05, 3.63) is 72.1 Å². The Hall–Kier alpha value is -7.06. The van der Waals surface area contributed by atoms with Crippen LogP contribution in [-0.2, 0) is 47.7 Å². The number of ether oxygens (including phenoxy) is 5. The van der Waals surface area contributed by atoms with Crippen LogP contribution in [0.4, 0.5) is 16.6 Å². The Bertz CT molecular complexity index is 3380. The number of allylic oxidation sites excluding steroid dienone is 6.